The molecule has 2 heterocycles. The highest BCUT2D eigenvalue weighted by Crippen LogP contribution is 2.52. The molecule has 4 aromatic rings. The Labute approximate surface area is 266 Å². The van der Waals surface area contributed by atoms with Crippen molar-refractivity contribution in [1.29, 1.82) is 0 Å². The fourth-order valence-corrected chi connectivity index (χ4v) is 8.14. The number of hydrogen-bond donors (Lipinski definition) is 0. The van der Waals surface area contributed by atoms with Gasteiger partial charge in [0.2, 0.25) is 5.69 Å². The molecule has 2 aliphatic heterocycles. The molecule has 0 saturated heterocycles. The zero-order valence-electron chi connectivity index (χ0n) is 28.0. The first-order chi connectivity index (χ1) is 21.5. The summed E-state index contributed by atoms with van der Waals surface area (Å²) in [5.41, 5.74) is 9.85. The van der Waals surface area contributed by atoms with Crippen molar-refractivity contribution in [1.82, 2.24) is 0 Å². The second kappa shape index (κ2) is 13.4. The summed E-state index contributed by atoms with van der Waals surface area (Å²) < 4.78 is 2.48. The predicted molar refractivity (Wildman–Crippen MR) is 192 cm³/mol. The maximum atomic E-state index is 2.48. The average molecular weight is 584 g/mol. The van der Waals surface area contributed by atoms with E-state index >= 15 is 0 Å². The van der Waals surface area contributed by atoms with Crippen LogP contribution in [0, 0.1) is 0 Å². The molecular formula is C42H51N2+. The number of nitrogens with zero attached hydrogens (tertiary/aromatic N) is 2. The van der Waals surface area contributed by atoms with Crippen LogP contribution in [0.5, 0.6) is 0 Å². The highest BCUT2D eigenvalue weighted by Gasteiger charge is 2.51. The summed E-state index contributed by atoms with van der Waals surface area (Å²) in [5.74, 6) is 0. The van der Waals surface area contributed by atoms with E-state index in [9.17, 15) is 0 Å². The molecule has 4 aromatic carbocycles. The molecule has 1 aliphatic carbocycles. The van der Waals surface area contributed by atoms with Crippen molar-refractivity contribution in [3.63, 3.8) is 0 Å². The van der Waals surface area contributed by atoms with Crippen molar-refractivity contribution < 1.29 is 4.58 Å². The molecular weight excluding hydrogens is 532 g/mol. The number of anilines is 1. The standard InChI is InChI=1S/C38H39N2.2C2H6/c1-37(27-28-15-6-4-7-16-28)31-19-10-11-20-32(31)39(2)34(37)21-14-22-35-38(25-12-5-13-26-38)36-30-18-9-8-17-29(30)23-24-33(36)40(35)3;2*1-2/h4,6-11,14-24H,5,12-13,25-27H2,1-3H3;2*1-2H3/q+1;;. The molecule has 0 N–H and O–H groups in total. The topological polar surface area (TPSA) is 6.25 Å². The lowest BCUT2D eigenvalue weighted by Crippen LogP contribution is -2.36. The van der Waals surface area contributed by atoms with Gasteiger partial charge in [0.05, 0.1) is 5.41 Å². The van der Waals surface area contributed by atoms with Crippen LogP contribution in [-0.2, 0) is 17.3 Å². The van der Waals surface area contributed by atoms with Crippen LogP contribution in [0.15, 0.2) is 115 Å². The van der Waals surface area contributed by atoms with Gasteiger partial charge in [0.15, 0.2) is 5.71 Å². The second-order valence-electron chi connectivity index (χ2n) is 12.2. The molecule has 44 heavy (non-hydrogen) atoms. The van der Waals surface area contributed by atoms with Crippen LogP contribution in [0.4, 0.5) is 11.4 Å². The fourth-order valence-electron chi connectivity index (χ4n) is 8.14. The lowest BCUT2D eigenvalue weighted by Gasteiger charge is -2.32. The molecule has 1 saturated carbocycles. The normalized spacial score (nSPS) is 20.8. The van der Waals surface area contributed by atoms with Crippen LogP contribution in [0.2, 0.25) is 0 Å². The van der Waals surface area contributed by atoms with Gasteiger partial charge in [-0.2, -0.15) is 4.58 Å². The molecule has 3 aliphatic rings. The summed E-state index contributed by atoms with van der Waals surface area (Å²) in [5, 5.41) is 2.78. The molecule has 2 heteroatoms. The number of para-hydroxylation sites is 1. The van der Waals surface area contributed by atoms with Crippen molar-refractivity contribution in [2.45, 2.75) is 84.0 Å². The third kappa shape index (κ3) is 5.23. The van der Waals surface area contributed by atoms with Gasteiger partial charge in [-0.1, -0.05) is 126 Å². The number of allylic oxidation sites excluding steroid dienone is 4. The number of benzene rings is 4. The molecule has 1 fully saturated rings. The summed E-state index contributed by atoms with van der Waals surface area (Å²) >= 11 is 0. The molecule has 0 bridgehead atoms. The van der Waals surface area contributed by atoms with Gasteiger partial charge in [-0.25, -0.2) is 0 Å². The summed E-state index contributed by atoms with van der Waals surface area (Å²) in [6, 6.07) is 33.5. The first kappa shape index (κ1) is 31.5. The molecule has 1 unspecified atom stereocenters. The summed E-state index contributed by atoms with van der Waals surface area (Å²) in [6.45, 7) is 10.4. The van der Waals surface area contributed by atoms with E-state index in [1.54, 1.807) is 5.56 Å². The highest BCUT2D eigenvalue weighted by atomic mass is 15.2. The number of likely N-dealkylation sites (N-methyl/N-ethyl adjacent to an activating group) is 1. The molecule has 1 atom stereocenters. The van der Waals surface area contributed by atoms with Gasteiger partial charge >= 0.3 is 0 Å². The van der Waals surface area contributed by atoms with Gasteiger partial charge in [0.25, 0.3) is 0 Å². The molecule has 228 valence electrons. The summed E-state index contributed by atoms with van der Waals surface area (Å²) in [7, 11) is 4.51. The van der Waals surface area contributed by atoms with Crippen molar-refractivity contribution in [2.24, 2.45) is 0 Å². The van der Waals surface area contributed by atoms with Crippen LogP contribution in [0.1, 0.15) is 83.4 Å². The van der Waals surface area contributed by atoms with Gasteiger partial charge in [0.1, 0.15) is 7.05 Å². The Morgan fingerprint density at radius 3 is 2.18 bits per heavy atom. The molecule has 1 spiro atoms. The number of fused-ring (bicyclic) bond motifs is 5. The van der Waals surface area contributed by atoms with Crippen molar-refractivity contribution in [3.8, 4) is 0 Å². The molecule has 0 aromatic heterocycles. The van der Waals surface area contributed by atoms with Crippen LogP contribution in [-0.4, -0.2) is 24.4 Å². The van der Waals surface area contributed by atoms with Crippen LogP contribution in [0.3, 0.4) is 0 Å². The van der Waals surface area contributed by atoms with Gasteiger partial charge < -0.3 is 4.90 Å². The van der Waals surface area contributed by atoms with Crippen LogP contribution in [0.25, 0.3) is 10.8 Å². The minimum absolute atomic E-state index is 0.0923. The van der Waals surface area contributed by atoms with Crippen molar-refractivity contribution >= 4 is 27.9 Å². The molecule has 7 rings (SSSR count). The van der Waals surface area contributed by atoms with Gasteiger partial charge in [-0.3, -0.25) is 0 Å². The molecule has 0 radical (unpaired) electrons. The SMILES string of the molecule is CC.CC.CN1C(=CC=CC2=[N+](C)c3ccc4ccccc4c3C23CCCCC3)C(C)(Cc2ccccc2)c2ccccc21. The van der Waals surface area contributed by atoms with E-state index in [0.717, 1.165) is 6.42 Å². The smallest absolute Gasteiger partial charge is 0.210 e. The Bertz CT molecular complexity index is 1680. The minimum Gasteiger partial charge on any atom is -0.347 e. The Hall–Kier alpha value is -3.91. The predicted octanol–water partition coefficient (Wildman–Crippen LogP) is 10.9. The van der Waals surface area contributed by atoms with E-state index in [4.69, 9.17) is 0 Å². The van der Waals surface area contributed by atoms with E-state index in [1.807, 2.05) is 27.7 Å². The lowest BCUT2D eigenvalue weighted by molar-refractivity contribution is -0.401. The monoisotopic (exact) mass is 583 g/mol. The zero-order chi connectivity index (χ0) is 31.3. The number of hydrogen-bond acceptors (Lipinski definition) is 1. The first-order valence-corrected chi connectivity index (χ1v) is 16.9. The second-order valence-corrected chi connectivity index (χ2v) is 12.2. The fraction of sp³-hybridized carbons (Fsp3) is 0.357. The maximum absolute atomic E-state index is 2.48. The van der Waals surface area contributed by atoms with Crippen LogP contribution < -0.4 is 4.90 Å². The lowest BCUT2D eigenvalue weighted by atomic mass is 9.66. The largest absolute Gasteiger partial charge is 0.347 e. The van der Waals surface area contributed by atoms with E-state index < -0.39 is 0 Å². The highest BCUT2D eigenvalue weighted by molar-refractivity contribution is 6.08. The van der Waals surface area contributed by atoms with Gasteiger partial charge in [0, 0.05) is 41.6 Å². The van der Waals surface area contributed by atoms with Crippen molar-refractivity contribution in [2.75, 3.05) is 19.0 Å². The van der Waals surface area contributed by atoms with Crippen LogP contribution >= 0.6 is 0 Å². The molecule has 0 amide bonds. The Kier molecular flexibility index (Phi) is 9.59. The van der Waals surface area contributed by atoms with E-state index in [0.29, 0.717) is 0 Å². The third-order valence-electron chi connectivity index (χ3n) is 10.0. The quantitative estimate of drug-likeness (QED) is 0.217. The maximum Gasteiger partial charge on any atom is 0.210 e. The first-order valence-electron chi connectivity index (χ1n) is 16.9. The number of rotatable bonds is 4. The Morgan fingerprint density at radius 2 is 1.43 bits per heavy atom. The van der Waals surface area contributed by atoms with Gasteiger partial charge in [-0.15, -0.1) is 0 Å². The molecule has 2 nitrogen and oxygen atoms in total. The zero-order valence-corrected chi connectivity index (χ0v) is 28.0. The van der Waals surface area contributed by atoms with E-state index in [1.165, 1.54) is 76.8 Å². The Balaban J connectivity index is 0.000000924. The minimum atomic E-state index is -0.0923. The van der Waals surface area contributed by atoms with Crippen molar-refractivity contribution in [3.05, 3.63) is 132 Å². The summed E-state index contributed by atoms with van der Waals surface area (Å²) in [4.78, 5) is 2.41. The van der Waals surface area contributed by atoms with E-state index in [2.05, 4.69) is 140 Å². The average Bonchev–Trinajstić information content (AvgIpc) is 3.43. The third-order valence-corrected chi connectivity index (χ3v) is 10.0. The van der Waals surface area contributed by atoms with E-state index in [-0.39, 0.29) is 10.8 Å². The Morgan fingerprint density at radius 1 is 0.773 bits per heavy atom. The van der Waals surface area contributed by atoms with Gasteiger partial charge in [-0.05, 0) is 66.3 Å². The summed E-state index contributed by atoms with van der Waals surface area (Å²) in [6.07, 6.45) is 14.5.